The zero-order valence-electron chi connectivity index (χ0n) is 10.7. The van der Waals surface area contributed by atoms with Crippen molar-refractivity contribution in [3.63, 3.8) is 0 Å². The predicted octanol–water partition coefficient (Wildman–Crippen LogP) is 0.557. The van der Waals surface area contributed by atoms with Gasteiger partial charge in [-0.1, -0.05) is 30.3 Å². The maximum atomic E-state index is 12.1. The van der Waals surface area contributed by atoms with Gasteiger partial charge in [0.15, 0.2) is 0 Å². The predicted molar refractivity (Wildman–Crippen MR) is 74.3 cm³/mol. The molecule has 4 heteroatoms. The number of carbonyl (C=O) groups is 2. The molecule has 20 heavy (non-hydrogen) atoms. The Hall–Kier alpha value is -2.75. The number of rotatable bonds is 3. The Bertz CT molecular complexity index is 795. The first-order valence-electron chi connectivity index (χ1n) is 6.29. The molecule has 1 aliphatic rings. The molecule has 2 aromatic rings. The van der Waals surface area contributed by atoms with Gasteiger partial charge in [0.25, 0.3) is 11.8 Å². The van der Waals surface area contributed by atoms with Gasteiger partial charge in [-0.2, -0.15) is 0 Å². The highest BCUT2D eigenvalue weighted by Gasteiger charge is 2.08. The molecule has 0 spiro atoms. The second-order valence-corrected chi connectivity index (χ2v) is 4.54. The SMILES string of the molecule is O=C1C=c2cc(C(=O)NCc3ccccc3)ccc2=N1. The number of hydrogen-bond acceptors (Lipinski definition) is 2. The van der Waals surface area contributed by atoms with E-state index in [0.717, 1.165) is 5.56 Å². The normalized spacial score (nSPS) is 12.3. The van der Waals surface area contributed by atoms with E-state index in [9.17, 15) is 9.59 Å². The molecule has 0 bridgehead atoms. The summed E-state index contributed by atoms with van der Waals surface area (Å²) in [6.45, 7) is 0.476. The number of fused-ring (bicyclic) bond motifs is 1. The maximum absolute atomic E-state index is 12.1. The Morgan fingerprint density at radius 3 is 2.70 bits per heavy atom. The van der Waals surface area contributed by atoms with E-state index < -0.39 is 0 Å². The molecular weight excluding hydrogens is 252 g/mol. The Kier molecular flexibility index (Phi) is 3.13. The number of nitrogens with zero attached hydrogens (tertiary/aromatic N) is 1. The lowest BCUT2D eigenvalue weighted by Crippen LogP contribution is -2.27. The van der Waals surface area contributed by atoms with Gasteiger partial charge >= 0.3 is 0 Å². The minimum absolute atomic E-state index is 0.163. The molecule has 0 fully saturated rings. The fraction of sp³-hybridized carbons (Fsp3) is 0.0625. The number of benzene rings is 2. The topological polar surface area (TPSA) is 58.5 Å². The summed E-state index contributed by atoms with van der Waals surface area (Å²) in [5, 5.41) is 4.17. The van der Waals surface area contributed by atoms with Crippen molar-refractivity contribution in [1.82, 2.24) is 5.32 Å². The van der Waals surface area contributed by atoms with Gasteiger partial charge in [-0.15, -0.1) is 0 Å². The fourth-order valence-electron chi connectivity index (χ4n) is 2.08. The maximum Gasteiger partial charge on any atom is 0.270 e. The lowest BCUT2D eigenvalue weighted by atomic mass is 10.1. The monoisotopic (exact) mass is 264 g/mol. The second-order valence-electron chi connectivity index (χ2n) is 4.54. The highest BCUT2D eigenvalue weighted by molar-refractivity contribution is 6.06. The first-order chi connectivity index (χ1) is 9.72. The molecule has 0 atom stereocenters. The van der Waals surface area contributed by atoms with Gasteiger partial charge in [0.05, 0.1) is 5.36 Å². The molecule has 2 aromatic carbocycles. The molecule has 2 amide bonds. The van der Waals surface area contributed by atoms with Crippen LogP contribution in [-0.4, -0.2) is 11.8 Å². The van der Waals surface area contributed by atoms with Gasteiger partial charge in [-0.3, -0.25) is 9.59 Å². The number of hydrogen-bond donors (Lipinski definition) is 1. The lowest BCUT2D eigenvalue weighted by molar-refractivity contribution is -0.112. The number of carbonyl (C=O) groups excluding carboxylic acids is 2. The molecule has 0 saturated carbocycles. The van der Waals surface area contributed by atoms with E-state index in [2.05, 4.69) is 10.3 Å². The van der Waals surface area contributed by atoms with Crippen molar-refractivity contribution in [3.8, 4) is 0 Å². The van der Waals surface area contributed by atoms with E-state index in [1.807, 2.05) is 30.3 Å². The summed E-state index contributed by atoms with van der Waals surface area (Å²) in [6.07, 6.45) is 1.43. The quantitative estimate of drug-likeness (QED) is 0.880. The molecule has 0 aliphatic carbocycles. The van der Waals surface area contributed by atoms with Crippen LogP contribution in [0.15, 0.2) is 53.5 Å². The van der Waals surface area contributed by atoms with Gasteiger partial charge < -0.3 is 5.32 Å². The first-order valence-corrected chi connectivity index (χ1v) is 6.29. The molecule has 1 N–H and O–H groups in total. The van der Waals surface area contributed by atoms with Gasteiger partial charge in [-0.25, -0.2) is 4.99 Å². The summed E-state index contributed by atoms with van der Waals surface area (Å²) < 4.78 is 0. The van der Waals surface area contributed by atoms with E-state index in [0.29, 0.717) is 22.7 Å². The number of amides is 2. The van der Waals surface area contributed by atoms with Crippen molar-refractivity contribution >= 4 is 17.9 Å². The van der Waals surface area contributed by atoms with Crippen LogP contribution < -0.4 is 15.9 Å². The summed E-state index contributed by atoms with van der Waals surface area (Å²) in [7, 11) is 0. The van der Waals surface area contributed by atoms with Crippen LogP contribution in [-0.2, 0) is 11.3 Å². The highest BCUT2D eigenvalue weighted by Crippen LogP contribution is 1.99. The van der Waals surface area contributed by atoms with Crippen LogP contribution >= 0.6 is 0 Å². The smallest absolute Gasteiger partial charge is 0.270 e. The molecule has 0 saturated heterocycles. The molecule has 1 heterocycles. The van der Waals surface area contributed by atoms with Crippen LogP contribution in [0.4, 0.5) is 0 Å². The highest BCUT2D eigenvalue weighted by atomic mass is 16.2. The summed E-state index contributed by atoms with van der Waals surface area (Å²) in [5.41, 5.74) is 1.57. The average Bonchev–Trinajstić information content (AvgIpc) is 2.85. The van der Waals surface area contributed by atoms with E-state index >= 15 is 0 Å². The minimum Gasteiger partial charge on any atom is -0.348 e. The average molecular weight is 264 g/mol. The van der Waals surface area contributed by atoms with E-state index in [4.69, 9.17) is 0 Å². The van der Waals surface area contributed by atoms with Gasteiger partial charge in [-0.05, 0) is 23.8 Å². The van der Waals surface area contributed by atoms with E-state index in [1.54, 1.807) is 18.2 Å². The zero-order valence-corrected chi connectivity index (χ0v) is 10.7. The van der Waals surface area contributed by atoms with Crippen LogP contribution in [0.1, 0.15) is 15.9 Å². The van der Waals surface area contributed by atoms with Crippen molar-refractivity contribution in [3.05, 3.63) is 70.2 Å². The van der Waals surface area contributed by atoms with Crippen molar-refractivity contribution in [2.24, 2.45) is 4.99 Å². The molecule has 4 nitrogen and oxygen atoms in total. The van der Waals surface area contributed by atoms with Gasteiger partial charge in [0, 0.05) is 23.4 Å². The number of nitrogens with one attached hydrogen (secondary N) is 1. The molecule has 0 aromatic heterocycles. The van der Waals surface area contributed by atoms with E-state index in [1.165, 1.54) is 6.08 Å². The molecule has 0 radical (unpaired) electrons. The molecule has 98 valence electrons. The van der Waals surface area contributed by atoms with Crippen molar-refractivity contribution in [2.45, 2.75) is 6.54 Å². The molecular formula is C16H12N2O2. The van der Waals surface area contributed by atoms with Crippen LogP contribution in [0.3, 0.4) is 0 Å². The fourth-order valence-corrected chi connectivity index (χ4v) is 2.08. The third kappa shape index (κ3) is 2.49. The van der Waals surface area contributed by atoms with Crippen molar-refractivity contribution in [2.75, 3.05) is 0 Å². The lowest BCUT2D eigenvalue weighted by Gasteiger charge is -2.05. The van der Waals surface area contributed by atoms with Crippen LogP contribution in [0.25, 0.3) is 6.08 Å². The third-order valence-corrected chi connectivity index (χ3v) is 3.10. The third-order valence-electron chi connectivity index (χ3n) is 3.10. The van der Waals surface area contributed by atoms with Gasteiger partial charge in [0.1, 0.15) is 0 Å². The Morgan fingerprint density at radius 2 is 1.90 bits per heavy atom. The van der Waals surface area contributed by atoms with Gasteiger partial charge in [0.2, 0.25) is 0 Å². The minimum atomic E-state index is -0.276. The Balaban J connectivity index is 1.76. The van der Waals surface area contributed by atoms with Crippen molar-refractivity contribution < 1.29 is 9.59 Å². The summed E-state index contributed by atoms with van der Waals surface area (Å²) in [4.78, 5) is 27.0. The van der Waals surface area contributed by atoms with Crippen molar-refractivity contribution in [1.29, 1.82) is 0 Å². The largest absolute Gasteiger partial charge is 0.348 e. The molecule has 0 unspecified atom stereocenters. The Labute approximate surface area is 115 Å². The summed E-state index contributed by atoms with van der Waals surface area (Å²) in [6, 6.07) is 14.7. The van der Waals surface area contributed by atoms with Crippen LogP contribution in [0.5, 0.6) is 0 Å². The van der Waals surface area contributed by atoms with E-state index in [-0.39, 0.29) is 11.8 Å². The second kappa shape index (κ2) is 5.09. The Morgan fingerprint density at radius 1 is 1.10 bits per heavy atom. The van der Waals surface area contributed by atoms with Crippen LogP contribution in [0.2, 0.25) is 0 Å². The molecule has 1 aliphatic heterocycles. The van der Waals surface area contributed by atoms with Crippen LogP contribution in [0, 0.1) is 0 Å². The standard InChI is InChI=1S/C16H12N2O2/c19-15-9-13-8-12(6-7-14(13)18-15)16(20)17-10-11-4-2-1-3-5-11/h1-9H,10H2,(H,17,20). The molecule has 3 rings (SSSR count). The summed E-state index contributed by atoms with van der Waals surface area (Å²) >= 11 is 0. The first kappa shape index (κ1) is 12.3. The summed E-state index contributed by atoms with van der Waals surface area (Å²) in [5.74, 6) is -0.439. The zero-order chi connectivity index (χ0) is 13.9.